The number of benzene rings is 3. The van der Waals surface area contributed by atoms with Crippen LogP contribution in [0.4, 0.5) is 5.69 Å². The van der Waals surface area contributed by atoms with E-state index in [9.17, 15) is 4.79 Å². The van der Waals surface area contributed by atoms with Crippen LogP contribution in [0, 0.1) is 6.92 Å². The van der Waals surface area contributed by atoms with E-state index < -0.39 is 0 Å². The molecule has 1 N–H and O–H groups in total. The molecule has 0 unspecified atom stereocenters. The molecule has 0 radical (unpaired) electrons. The molecule has 0 saturated heterocycles. The lowest BCUT2D eigenvalue weighted by Crippen LogP contribution is -2.20. The zero-order valence-corrected chi connectivity index (χ0v) is 13.9. The molecule has 1 atom stereocenters. The maximum Gasteiger partial charge on any atom is 0.337 e. The molecule has 0 spiro atoms. The first-order valence-corrected chi connectivity index (χ1v) is 8.48. The van der Waals surface area contributed by atoms with Crippen molar-refractivity contribution in [3.05, 3.63) is 88.6 Å². The van der Waals surface area contributed by atoms with E-state index in [-0.39, 0.29) is 11.9 Å². The number of anilines is 1. The summed E-state index contributed by atoms with van der Waals surface area (Å²) in [6.07, 6.45) is 0. The van der Waals surface area contributed by atoms with Crippen LogP contribution in [0.25, 0.3) is 10.8 Å². The van der Waals surface area contributed by atoms with Crippen molar-refractivity contribution < 1.29 is 9.53 Å². The van der Waals surface area contributed by atoms with E-state index in [1.54, 1.807) is 0 Å². The number of hydrogen-bond donors (Lipinski definition) is 1. The lowest BCUT2D eigenvalue weighted by molar-refractivity contribution is -0.136. The van der Waals surface area contributed by atoms with Crippen LogP contribution in [0.15, 0.2) is 71.9 Å². The number of ether oxygens (including phenoxy) is 1. The van der Waals surface area contributed by atoms with E-state index in [0.717, 1.165) is 28.1 Å². The summed E-state index contributed by atoms with van der Waals surface area (Å²) in [5.74, 6) is -0.307. The number of carbonyl (C=O) groups is 1. The first kappa shape index (κ1) is 14.3. The van der Waals surface area contributed by atoms with Gasteiger partial charge in [0.15, 0.2) is 0 Å². The highest BCUT2D eigenvalue weighted by Crippen LogP contribution is 2.46. The highest BCUT2D eigenvalue weighted by atomic mass is 16.5. The van der Waals surface area contributed by atoms with E-state index in [1.165, 1.54) is 16.3 Å². The van der Waals surface area contributed by atoms with Crippen LogP contribution in [0.3, 0.4) is 0 Å². The third-order valence-corrected chi connectivity index (χ3v) is 5.14. The second kappa shape index (κ2) is 5.21. The number of carbonyl (C=O) groups excluding carboxylic acids is 1. The fourth-order valence-electron chi connectivity index (χ4n) is 3.89. The predicted octanol–water partition coefficient (Wildman–Crippen LogP) is 4.52. The lowest BCUT2D eigenvalue weighted by Gasteiger charge is -2.28. The Morgan fingerprint density at radius 1 is 1.00 bits per heavy atom. The minimum absolute atomic E-state index is 0.0912. The summed E-state index contributed by atoms with van der Waals surface area (Å²) >= 11 is 0. The van der Waals surface area contributed by atoms with Crippen molar-refractivity contribution in [2.45, 2.75) is 12.8 Å². The molecule has 0 amide bonds. The average molecular weight is 327 g/mol. The van der Waals surface area contributed by atoms with Gasteiger partial charge in [0.2, 0.25) is 0 Å². The number of nitrogens with one attached hydrogen (secondary N) is 1. The number of aryl methyl sites for hydroxylation is 1. The molecule has 3 nitrogen and oxygen atoms in total. The molecule has 2 aliphatic rings. The Hall–Kier alpha value is -3.07. The summed E-state index contributed by atoms with van der Waals surface area (Å²) in [5, 5.41) is 5.83. The quantitative estimate of drug-likeness (QED) is 0.668. The highest BCUT2D eigenvalue weighted by Gasteiger charge is 2.38. The molecule has 0 aromatic heterocycles. The Morgan fingerprint density at radius 2 is 1.80 bits per heavy atom. The van der Waals surface area contributed by atoms with Crippen LogP contribution >= 0.6 is 0 Å². The van der Waals surface area contributed by atoms with Gasteiger partial charge in [0.25, 0.3) is 0 Å². The molecule has 0 bridgehead atoms. The zero-order valence-electron chi connectivity index (χ0n) is 13.9. The van der Waals surface area contributed by atoms with Crippen molar-refractivity contribution in [2.24, 2.45) is 0 Å². The smallest absolute Gasteiger partial charge is 0.337 e. The maximum absolute atomic E-state index is 12.4. The number of fused-ring (bicyclic) bond motifs is 3. The SMILES string of the molecule is Cc1ccc([C@H]2C3=C(COC3=O)Nc3c2ccc2ccccc32)cc1. The van der Waals surface area contributed by atoms with Crippen LogP contribution in [-0.4, -0.2) is 12.6 Å². The summed E-state index contributed by atoms with van der Waals surface area (Å²) in [6.45, 7) is 2.39. The Labute approximate surface area is 145 Å². The largest absolute Gasteiger partial charge is 0.456 e. The van der Waals surface area contributed by atoms with Gasteiger partial charge in [-0.2, -0.15) is 0 Å². The molecule has 3 aromatic carbocycles. The van der Waals surface area contributed by atoms with Crippen molar-refractivity contribution in [3.8, 4) is 0 Å². The van der Waals surface area contributed by atoms with E-state index in [2.05, 4.69) is 60.8 Å². The van der Waals surface area contributed by atoms with Crippen molar-refractivity contribution in [1.29, 1.82) is 0 Å². The molecule has 0 fully saturated rings. The summed E-state index contributed by atoms with van der Waals surface area (Å²) in [7, 11) is 0. The van der Waals surface area contributed by atoms with Crippen molar-refractivity contribution >= 4 is 22.4 Å². The van der Waals surface area contributed by atoms with Gasteiger partial charge in [0.05, 0.1) is 17.0 Å². The summed E-state index contributed by atoms with van der Waals surface area (Å²) in [4.78, 5) is 12.4. The van der Waals surface area contributed by atoms with Gasteiger partial charge in [-0.1, -0.05) is 66.2 Å². The van der Waals surface area contributed by atoms with Crippen molar-refractivity contribution in [1.82, 2.24) is 0 Å². The highest BCUT2D eigenvalue weighted by molar-refractivity contribution is 6.03. The second-order valence-electron chi connectivity index (χ2n) is 6.69. The topological polar surface area (TPSA) is 38.3 Å². The van der Waals surface area contributed by atoms with Crippen LogP contribution in [0.1, 0.15) is 22.6 Å². The van der Waals surface area contributed by atoms with Crippen LogP contribution < -0.4 is 5.32 Å². The van der Waals surface area contributed by atoms with Crippen LogP contribution in [0.5, 0.6) is 0 Å². The van der Waals surface area contributed by atoms with Gasteiger partial charge in [0, 0.05) is 11.3 Å². The predicted molar refractivity (Wildman–Crippen MR) is 98.6 cm³/mol. The molecule has 5 rings (SSSR count). The lowest BCUT2D eigenvalue weighted by atomic mass is 9.80. The maximum atomic E-state index is 12.4. The second-order valence-corrected chi connectivity index (χ2v) is 6.69. The van der Waals surface area contributed by atoms with Crippen LogP contribution in [-0.2, 0) is 9.53 Å². The molecular formula is C22H17NO2. The number of esters is 1. The first-order valence-electron chi connectivity index (χ1n) is 8.48. The molecule has 3 heteroatoms. The van der Waals surface area contributed by atoms with Gasteiger partial charge in [0.1, 0.15) is 6.61 Å². The average Bonchev–Trinajstić information content (AvgIpc) is 3.01. The third kappa shape index (κ3) is 2.09. The van der Waals surface area contributed by atoms with Gasteiger partial charge in [-0.3, -0.25) is 0 Å². The van der Waals surface area contributed by atoms with E-state index in [4.69, 9.17) is 4.74 Å². The summed E-state index contributed by atoms with van der Waals surface area (Å²) in [5.41, 5.74) is 6.17. The number of rotatable bonds is 1. The summed E-state index contributed by atoms with van der Waals surface area (Å²) in [6, 6.07) is 21.0. The fraction of sp³-hybridized carbons (Fsp3) is 0.136. The first-order chi connectivity index (χ1) is 12.2. The van der Waals surface area contributed by atoms with Gasteiger partial charge in [-0.15, -0.1) is 0 Å². The molecule has 2 heterocycles. The molecule has 122 valence electrons. The van der Waals surface area contributed by atoms with E-state index in [0.29, 0.717) is 6.61 Å². The third-order valence-electron chi connectivity index (χ3n) is 5.14. The molecule has 25 heavy (non-hydrogen) atoms. The normalized spacial score (nSPS) is 18.6. The van der Waals surface area contributed by atoms with Crippen molar-refractivity contribution in [2.75, 3.05) is 11.9 Å². The number of hydrogen-bond acceptors (Lipinski definition) is 3. The monoisotopic (exact) mass is 327 g/mol. The van der Waals surface area contributed by atoms with Crippen molar-refractivity contribution in [3.63, 3.8) is 0 Å². The van der Waals surface area contributed by atoms with Gasteiger partial charge in [-0.25, -0.2) is 4.79 Å². The Balaban J connectivity index is 1.79. The molecule has 3 aromatic rings. The number of cyclic esters (lactones) is 1. The summed E-state index contributed by atoms with van der Waals surface area (Å²) < 4.78 is 5.34. The van der Waals surface area contributed by atoms with E-state index in [1.807, 2.05) is 12.1 Å². The van der Waals surface area contributed by atoms with E-state index >= 15 is 0 Å². The molecule has 0 saturated carbocycles. The fourth-order valence-corrected chi connectivity index (χ4v) is 3.89. The van der Waals surface area contributed by atoms with Gasteiger partial charge < -0.3 is 10.1 Å². The van der Waals surface area contributed by atoms with Crippen LogP contribution in [0.2, 0.25) is 0 Å². The minimum Gasteiger partial charge on any atom is -0.456 e. The Kier molecular flexibility index (Phi) is 2.98. The van der Waals surface area contributed by atoms with Gasteiger partial charge >= 0.3 is 5.97 Å². The zero-order chi connectivity index (χ0) is 17.0. The standard InChI is InChI=1S/C22H17NO2/c1-13-6-8-15(9-7-13)19-17-11-10-14-4-2-3-5-16(14)21(17)23-18-12-25-22(24)20(18)19/h2-11,19,23H,12H2,1H3/t19-/m1/s1. The molecule has 0 aliphatic carbocycles. The van der Waals surface area contributed by atoms with Gasteiger partial charge in [-0.05, 0) is 23.4 Å². The Morgan fingerprint density at radius 3 is 2.64 bits per heavy atom. The molecule has 2 aliphatic heterocycles. The minimum atomic E-state index is -0.216. The molecular weight excluding hydrogens is 310 g/mol. The Bertz CT molecular complexity index is 1050.